The van der Waals surface area contributed by atoms with Crippen LogP contribution in [0, 0.1) is 11.3 Å². The molecule has 82 valence electrons. The van der Waals surface area contributed by atoms with Gasteiger partial charge in [-0.3, -0.25) is 4.79 Å². The van der Waals surface area contributed by atoms with Gasteiger partial charge < -0.3 is 10.1 Å². The van der Waals surface area contributed by atoms with Crippen molar-refractivity contribution in [3.05, 3.63) is 16.7 Å². The molecule has 16 heavy (non-hydrogen) atoms. The quantitative estimate of drug-likeness (QED) is 0.840. The zero-order valence-corrected chi connectivity index (χ0v) is 9.82. The van der Waals surface area contributed by atoms with Crippen molar-refractivity contribution < 1.29 is 9.53 Å². The molecule has 5 nitrogen and oxygen atoms in total. The van der Waals surface area contributed by atoms with Crippen molar-refractivity contribution >= 4 is 27.7 Å². The number of anilines is 1. The summed E-state index contributed by atoms with van der Waals surface area (Å²) in [5.41, 5.74) is 0. The summed E-state index contributed by atoms with van der Waals surface area (Å²) in [5, 5.41) is 11.1. The lowest BCUT2D eigenvalue weighted by Gasteiger charge is -2.24. The van der Waals surface area contributed by atoms with Crippen molar-refractivity contribution in [1.29, 1.82) is 5.26 Å². The molecule has 2 rings (SSSR count). The lowest BCUT2D eigenvalue weighted by molar-refractivity contribution is -0.123. The number of carbonyl (C=O) groups excluding carboxylic acids is 1. The normalized spacial score (nSPS) is 18.0. The average molecular weight is 282 g/mol. The van der Waals surface area contributed by atoms with Crippen LogP contribution in [-0.4, -0.2) is 17.0 Å². The second kappa shape index (κ2) is 4.49. The fourth-order valence-corrected chi connectivity index (χ4v) is 1.71. The molecule has 0 saturated carbocycles. The van der Waals surface area contributed by atoms with E-state index in [0.29, 0.717) is 22.6 Å². The molecule has 1 aliphatic heterocycles. The minimum absolute atomic E-state index is 0.256. The van der Waals surface area contributed by atoms with Crippen LogP contribution in [0.15, 0.2) is 16.7 Å². The lowest BCUT2D eigenvalue weighted by atomic mass is 10.1. The highest BCUT2D eigenvalue weighted by atomic mass is 79.9. The van der Waals surface area contributed by atoms with E-state index in [9.17, 15) is 4.79 Å². The molecule has 1 amide bonds. The molecule has 1 aliphatic rings. The van der Waals surface area contributed by atoms with Gasteiger partial charge in [-0.1, -0.05) is 0 Å². The van der Waals surface area contributed by atoms with Crippen molar-refractivity contribution in [2.24, 2.45) is 0 Å². The summed E-state index contributed by atoms with van der Waals surface area (Å²) in [7, 11) is 0. The number of pyridine rings is 1. The standard InChI is InChI=1S/C10H8BrN3O2/c11-8-4-3-6-9(13-8)14-10(15)7(16-6)2-1-5-12/h3-4,7H,1-2H2,(H,13,14,15). The molecule has 1 atom stereocenters. The first-order chi connectivity index (χ1) is 7.70. The van der Waals surface area contributed by atoms with Crippen molar-refractivity contribution in [2.45, 2.75) is 18.9 Å². The van der Waals surface area contributed by atoms with E-state index in [-0.39, 0.29) is 12.3 Å². The maximum atomic E-state index is 11.6. The molecule has 0 aliphatic carbocycles. The molecule has 1 N–H and O–H groups in total. The molecular weight excluding hydrogens is 274 g/mol. The maximum absolute atomic E-state index is 11.6. The summed E-state index contributed by atoms with van der Waals surface area (Å²) in [6, 6.07) is 5.45. The van der Waals surface area contributed by atoms with Gasteiger partial charge in [0.1, 0.15) is 4.60 Å². The number of nitriles is 1. The summed E-state index contributed by atoms with van der Waals surface area (Å²) < 4.78 is 6.08. The molecule has 0 spiro atoms. The minimum atomic E-state index is -0.602. The van der Waals surface area contributed by atoms with Crippen LogP contribution in [-0.2, 0) is 4.79 Å². The number of ether oxygens (including phenoxy) is 1. The SMILES string of the molecule is N#CCCC1Oc2ccc(Br)nc2NC1=O. The third-order valence-electron chi connectivity index (χ3n) is 2.15. The van der Waals surface area contributed by atoms with Gasteiger partial charge in [-0.15, -0.1) is 0 Å². The largest absolute Gasteiger partial charge is 0.477 e. The van der Waals surface area contributed by atoms with E-state index in [2.05, 4.69) is 26.2 Å². The predicted octanol–water partition coefficient (Wildman–Crippen LogP) is 1.85. The van der Waals surface area contributed by atoms with Gasteiger partial charge in [-0.2, -0.15) is 5.26 Å². The van der Waals surface area contributed by atoms with Crippen LogP contribution in [0.4, 0.5) is 5.82 Å². The zero-order valence-electron chi connectivity index (χ0n) is 8.24. The van der Waals surface area contributed by atoms with Crippen LogP contribution in [0.1, 0.15) is 12.8 Å². The van der Waals surface area contributed by atoms with Crippen LogP contribution < -0.4 is 10.1 Å². The number of carbonyl (C=O) groups is 1. The zero-order chi connectivity index (χ0) is 11.5. The van der Waals surface area contributed by atoms with Crippen LogP contribution in [0.5, 0.6) is 5.75 Å². The van der Waals surface area contributed by atoms with Crippen LogP contribution in [0.2, 0.25) is 0 Å². The summed E-state index contributed by atoms with van der Waals surface area (Å²) >= 11 is 3.21. The van der Waals surface area contributed by atoms with E-state index < -0.39 is 6.10 Å². The Bertz CT molecular complexity index is 470. The second-order valence-corrected chi connectivity index (χ2v) is 4.09. The number of halogens is 1. The fraction of sp³-hybridized carbons (Fsp3) is 0.300. The molecule has 2 heterocycles. The minimum Gasteiger partial charge on any atom is -0.477 e. The summed E-state index contributed by atoms with van der Waals surface area (Å²) in [6.07, 6.45) is 0.0741. The highest BCUT2D eigenvalue weighted by Gasteiger charge is 2.27. The Hall–Kier alpha value is -1.61. The lowest BCUT2D eigenvalue weighted by Crippen LogP contribution is -2.37. The Morgan fingerprint density at radius 3 is 3.19 bits per heavy atom. The number of aromatic nitrogens is 1. The number of hydrogen-bond donors (Lipinski definition) is 1. The van der Waals surface area contributed by atoms with Gasteiger partial charge in [0.2, 0.25) is 0 Å². The van der Waals surface area contributed by atoms with Crippen LogP contribution in [0.3, 0.4) is 0 Å². The fourth-order valence-electron chi connectivity index (χ4n) is 1.40. The van der Waals surface area contributed by atoms with Crippen molar-refractivity contribution in [3.8, 4) is 11.8 Å². The smallest absolute Gasteiger partial charge is 0.266 e. The third-order valence-corrected chi connectivity index (χ3v) is 2.59. The molecule has 1 aromatic heterocycles. The number of nitrogens with one attached hydrogen (secondary N) is 1. The molecule has 1 unspecified atom stereocenters. The molecular formula is C10H8BrN3O2. The molecule has 0 radical (unpaired) electrons. The average Bonchev–Trinajstić information content (AvgIpc) is 2.26. The Morgan fingerprint density at radius 1 is 1.62 bits per heavy atom. The van der Waals surface area contributed by atoms with Gasteiger partial charge in [-0.05, 0) is 28.1 Å². The Labute approximate surface area is 101 Å². The van der Waals surface area contributed by atoms with Gasteiger partial charge in [-0.25, -0.2) is 4.98 Å². The van der Waals surface area contributed by atoms with E-state index in [0.717, 1.165) is 0 Å². The van der Waals surface area contributed by atoms with Gasteiger partial charge >= 0.3 is 0 Å². The van der Waals surface area contributed by atoms with Gasteiger partial charge in [0, 0.05) is 12.8 Å². The van der Waals surface area contributed by atoms with E-state index in [1.165, 1.54) is 0 Å². The first-order valence-electron chi connectivity index (χ1n) is 4.71. The Balaban J connectivity index is 2.19. The Morgan fingerprint density at radius 2 is 2.44 bits per heavy atom. The Kier molecular flexibility index (Phi) is 3.06. The van der Waals surface area contributed by atoms with Crippen molar-refractivity contribution in [3.63, 3.8) is 0 Å². The van der Waals surface area contributed by atoms with E-state index in [1.807, 2.05) is 6.07 Å². The highest BCUT2D eigenvalue weighted by Crippen LogP contribution is 2.29. The maximum Gasteiger partial charge on any atom is 0.266 e. The molecule has 0 bridgehead atoms. The molecule has 0 saturated heterocycles. The van der Waals surface area contributed by atoms with Gasteiger partial charge in [0.15, 0.2) is 17.7 Å². The summed E-state index contributed by atoms with van der Waals surface area (Å²) in [5.74, 6) is 0.687. The van der Waals surface area contributed by atoms with Crippen LogP contribution >= 0.6 is 15.9 Å². The first-order valence-corrected chi connectivity index (χ1v) is 5.51. The van der Waals surface area contributed by atoms with E-state index in [1.54, 1.807) is 12.1 Å². The van der Waals surface area contributed by atoms with E-state index in [4.69, 9.17) is 10.00 Å². The van der Waals surface area contributed by atoms with Gasteiger partial charge in [0.25, 0.3) is 5.91 Å². The molecule has 1 aromatic rings. The van der Waals surface area contributed by atoms with Crippen LogP contribution in [0.25, 0.3) is 0 Å². The molecule has 0 fully saturated rings. The first kappa shape index (κ1) is 10.9. The monoisotopic (exact) mass is 281 g/mol. The number of rotatable bonds is 2. The summed E-state index contributed by atoms with van der Waals surface area (Å²) in [4.78, 5) is 15.6. The van der Waals surface area contributed by atoms with Gasteiger partial charge in [0.05, 0.1) is 6.07 Å². The highest BCUT2D eigenvalue weighted by molar-refractivity contribution is 9.10. The molecule has 6 heteroatoms. The number of amides is 1. The number of fused-ring (bicyclic) bond motifs is 1. The number of hydrogen-bond acceptors (Lipinski definition) is 4. The van der Waals surface area contributed by atoms with E-state index >= 15 is 0 Å². The summed E-state index contributed by atoms with van der Waals surface area (Å²) in [6.45, 7) is 0. The predicted molar refractivity (Wildman–Crippen MR) is 59.8 cm³/mol. The van der Waals surface area contributed by atoms with Crippen molar-refractivity contribution in [1.82, 2.24) is 4.98 Å². The third kappa shape index (κ3) is 2.14. The second-order valence-electron chi connectivity index (χ2n) is 3.27. The number of nitrogens with zero attached hydrogens (tertiary/aromatic N) is 2. The topological polar surface area (TPSA) is 75.0 Å². The molecule has 0 aromatic carbocycles. The van der Waals surface area contributed by atoms with Crippen molar-refractivity contribution in [2.75, 3.05) is 5.32 Å².